The molecule has 150 valence electrons. The summed E-state index contributed by atoms with van der Waals surface area (Å²) in [7, 11) is -4.26. The van der Waals surface area contributed by atoms with Gasteiger partial charge >= 0.3 is 5.97 Å². The number of rotatable bonds is 7. The standard InChI is InChI=1S/C19H21FN2O5S/c1-12-7-6-9-16(13(12)2)21-18(23)11-27-19(24)14(3)22-28(25,26)17-10-5-4-8-15(17)20/h4-10,14,22H,11H2,1-3H3,(H,21,23)/t14-/m0/s1. The van der Waals surface area contributed by atoms with E-state index < -0.39 is 45.3 Å². The smallest absolute Gasteiger partial charge is 0.324 e. The van der Waals surface area contributed by atoms with E-state index in [1.165, 1.54) is 19.1 Å². The van der Waals surface area contributed by atoms with Gasteiger partial charge < -0.3 is 10.1 Å². The number of anilines is 1. The number of esters is 1. The summed E-state index contributed by atoms with van der Waals surface area (Å²) >= 11 is 0. The maximum absolute atomic E-state index is 13.7. The average molecular weight is 408 g/mol. The molecular weight excluding hydrogens is 387 g/mol. The second-order valence-corrected chi connectivity index (χ2v) is 7.86. The van der Waals surface area contributed by atoms with Crippen LogP contribution in [0.1, 0.15) is 18.1 Å². The lowest BCUT2D eigenvalue weighted by Gasteiger charge is -2.14. The Balaban J connectivity index is 1.93. The van der Waals surface area contributed by atoms with Crippen molar-refractivity contribution < 1.29 is 27.1 Å². The van der Waals surface area contributed by atoms with E-state index >= 15 is 0 Å². The zero-order valence-corrected chi connectivity index (χ0v) is 16.5. The van der Waals surface area contributed by atoms with Gasteiger partial charge in [0, 0.05) is 5.69 Å². The molecular formula is C19H21FN2O5S. The number of nitrogens with one attached hydrogen (secondary N) is 2. The molecule has 1 amide bonds. The van der Waals surface area contributed by atoms with Gasteiger partial charge in [0.15, 0.2) is 6.61 Å². The first-order valence-electron chi connectivity index (χ1n) is 8.41. The van der Waals surface area contributed by atoms with Gasteiger partial charge in [-0.25, -0.2) is 12.8 Å². The molecule has 0 spiro atoms. The monoisotopic (exact) mass is 408 g/mol. The van der Waals surface area contributed by atoms with Crippen LogP contribution >= 0.6 is 0 Å². The summed E-state index contributed by atoms with van der Waals surface area (Å²) in [4.78, 5) is 23.4. The molecule has 0 heterocycles. The number of carbonyl (C=O) groups is 2. The molecule has 7 nitrogen and oxygen atoms in total. The molecule has 2 aromatic carbocycles. The third-order valence-corrected chi connectivity index (χ3v) is 5.61. The van der Waals surface area contributed by atoms with E-state index in [1.54, 1.807) is 12.1 Å². The van der Waals surface area contributed by atoms with Gasteiger partial charge in [-0.1, -0.05) is 24.3 Å². The molecule has 0 radical (unpaired) electrons. The Hall–Kier alpha value is -2.78. The summed E-state index contributed by atoms with van der Waals surface area (Å²) in [5, 5.41) is 2.62. The summed E-state index contributed by atoms with van der Waals surface area (Å²) in [5.41, 5.74) is 2.47. The second-order valence-electron chi connectivity index (χ2n) is 6.18. The van der Waals surface area contributed by atoms with Gasteiger partial charge in [0.05, 0.1) is 0 Å². The molecule has 9 heteroatoms. The molecule has 1 atom stereocenters. The average Bonchev–Trinajstić information content (AvgIpc) is 2.63. The number of ether oxygens (including phenoxy) is 1. The fourth-order valence-electron chi connectivity index (χ4n) is 2.34. The van der Waals surface area contributed by atoms with Crippen molar-refractivity contribution in [2.75, 3.05) is 11.9 Å². The topological polar surface area (TPSA) is 102 Å². The molecule has 2 rings (SSSR count). The Labute approximate surface area is 163 Å². The van der Waals surface area contributed by atoms with Crippen LogP contribution in [0.2, 0.25) is 0 Å². The zero-order valence-electron chi connectivity index (χ0n) is 15.7. The molecule has 0 aliphatic heterocycles. The Bertz CT molecular complexity index is 992. The van der Waals surface area contributed by atoms with Crippen LogP contribution in [-0.2, 0) is 24.3 Å². The third kappa shape index (κ3) is 5.37. The highest BCUT2D eigenvalue weighted by molar-refractivity contribution is 7.89. The van der Waals surface area contributed by atoms with Gasteiger partial charge in [-0.3, -0.25) is 9.59 Å². The van der Waals surface area contributed by atoms with E-state index in [0.29, 0.717) is 5.69 Å². The number of benzene rings is 2. The number of amides is 1. The second kappa shape index (κ2) is 8.94. The van der Waals surface area contributed by atoms with Crippen LogP contribution in [0.5, 0.6) is 0 Å². The number of hydrogen-bond donors (Lipinski definition) is 2. The zero-order chi connectivity index (χ0) is 20.9. The van der Waals surface area contributed by atoms with E-state index in [2.05, 4.69) is 5.32 Å². The van der Waals surface area contributed by atoms with Gasteiger partial charge in [-0.2, -0.15) is 4.72 Å². The molecule has 28 heavy (non-hydrogen) atoms. The number of halogens is 1. The number of carbonyl (C=O) groups excluding carboxylic acids is 2. The number of sulfonamides is 1. The van der Waals surface area contributed by atoms with Crippen LogP contribution in [0.25, 0.3) is 0 Å². The van der Waals surface area contributed by atoms with Gasteiger partial charge in [-0.05, 0) is 50.1 Å². The first-order valence-corrected chi connectivity index (χ1v) is 9.89. The molecule has 0 saturated heterocycles. The minimum absolute atomic E-state index is 0.564. The molecule has 0 aliphatic rings. The predicted molar refractivity (Wildman–Crippen MR) is 102 cm³/mol. The quantitative estimate of drug-likeness (QED) is 0.685. The van der Waals surface area contributed by atoms with Crippen molar-refractivity contribution in [2.45, 2.75) is 31.7 Å². The van der Waals surface area contributed by atoms with E-state index in [0.717, 1.165) is 23.3 Å². The van der Waals surface area contributed by atoms with E-state index in [9.17, 15) is 22.4 Å². The van der Waals surface area contributed by atoms with Crippen molar-refractivity contribution in [1.82, 2.24) is 4.72 Å². The fourth-order valence-corrected chi connectivity index (χ4v) is 3.61. The third-order valence-electron chi connectivity index (χ3n) is 4.04. The Kier molecular flexibility index (Phi) is 6.87. The largest absolute Gasteiger partial charge is 0.454 e. The highest BCUT2D eigenvalue weighted by Gasteiger charge is 2.25. The molecule has 0 unspecified atom stereocenters. The highest BCUT2D eigenvalue weighted by Crippen LogP contribution is 2.18. The van der Waals surface area contributed by atoms with Gasteiger partial charge in [0.1, 0.15) is 16.8 Å². The van der Waals surface area contributed by atoms with Gasteiger partial charge in [-0.15, -0.1) is 0 Å². The number of hydrogen-bond acceptors (Lipinski definition) is 5. The van der Waals surface area contributed by atoms with Crippen LogP contribution in [0.4, 0.5) is 10.1 Å². The van der Waals surface area contributed by atoms with Crippen molar-refractivity contribution in [3.8, 4) is 0 Å². The summed E-state index contributed by atoms with van der Waals surface area (Å²) in [6, 6.07) is 8.87. The Morgan fingerprint density at radius 1 is 1.11 bits per heavy atom. The predicted octanol–water partition coefficient (Wildman–Crippen LogP) is 2.29. The van der Waals surface area contributed by atoms with Crippen molar-refractivity contribution in [3.05, 3.63) is 59.4 Å². The van der Waals surface area contributed by atoms with Gasteiger partial charge in [0.2, 0.25) is 10.0 Å². The molecule has 0 aliphatic carbocycles. The Morgan fingerprint density at radius 3 is 2.46 bits per heavy atom. The van der Waals surface area contributed by atoms with Crippen molar-refractivity contribution >= 4 is 27.6 Å². The van der Waals surface area contributed by atoms with Gasteiger partial charge in [0.25, 0.3) is 5.91 Å². The number of aryl methyl sites for hydroxylation is 1. The first-order chi connectivity index (χ1) is 13.1. The molecule has 0 bridgehead atoms. The van der Waals surface area contributed by atoms with Crippen LogP contribution in [0, 0.1) is 19.7 Å². The summed E-state index contributed by atoms with van der Waals surface area (Å²) in [5.74, 6) is -2.47. The summed E-state index contributed by atoms with van der Waals surface area (Å²) < 4.78 is 44.9. The maximum Gasteiger partial charge on any atom is 0.324 e. The SMILES string of the molecule is Cc1cccc(NC(=O)COC(=O)[C@H](C)NS(=O)(=O)c2ccccc2F)c1C. The maximum atomic E-state index is 13.7. The molecule has 0 fully saturated rings. The summed E-state index contributed by atoms with van der Waals surface area (Å²) in [6.07, 6.45) is 0. The lowest BCUT2D eigenvalue weighted by atomic mass is 10.1. The minimum Gasteiger partial charge on any atom is -0.454 e. The van der Waals surface area contributed by atoms with Crippen LogP contribution in [0.15, 0.2) is 47.4 Å². The van der Waals surface area contributed by atoms with Crippen LogP contribution in [-0.4, -0.2) is 32.9 Å². The van der Waals surface area contributed by atoms with E-state index in [-0.39, 0.29) is 0 Å². The van der Waals surface area contributed by atoms with E-state index in [1.807, 2.05) is 24.6 Å². The minimum atomic E-state index is -4.26. The van der Waals surface area contributed by atoms with Crippen molar-refractivity contribution in [2.24, 2.45) is 0 Å². The molecule has 2 N–H and O–H groups in total. The highest BCUT2D eigenvalue weighted by atomic mass is 32.2. The lowest BCUT2D eigenvalue weighted by Crippen LogP contribution is -2.40. The normalized spacial score (nSPS) is 12.3. The first kappa shape index (κ1) is 21.5. The van der Waals surface area contributed by atoms with Crippen molar-refractivity contribution in [3.63, 3.8) is 0 Å². The molecule has 0 saturated carbocycles. The Morgan fingerprint density at radius 2 is 1.79 bits per heavy atom. The van der Waals surface area contributed by atoms with E-state index in [4.69, 9.17) is 4.74 Å². The van der Waals surface area contributed by atoms with Crippen LogP contribution < -0.4 is 10.0 Å². The fraction of sp³-hybridized carbons (Fsp3) is 0.263. The molecule has 2 aromatic rings. The lowest BCUT2D eigenvalue weighted by molar-refractivity contribution is -0.148. The molecule has 0 aromatic heterocycles. The van der Waals surface area contributed by atoms with Crippen LogP contribution in [0.3, 0.4) is 0 Å². The summed E-state index contributed by atoms with van der Waals surface area (Å²) in [6.45, 7) is 4.40. The van der Waals surface area contributed by atoms with Crippen molar-refractivity contribution in [1.29, 1.82) is 0 Å².